The van der Waals surface area contributed by atoms with Crippen molar-refractivity contribution in [3.05, 3.63) is 12.2 Å². The second kappa shape index (κ2) is 46.8. The van der Waals surface area contributed by atoms with Crippen LogP contribution in [0.3, 0.4) is 0 Å². The zero-order valence-corrected chi connectivity index (χ0v) is 38.4. The van der Waals surface area contributed by atoms with Crippen molar-refractivity contribution in [2.45, 2.75) is 284 Å². The van der Waals surface area contributed by atoms with Gasteiger partial charge in [-0.05, 0) is 44.9 Å². The number of carbonyl (C=O) groups is 3. The Morgan fingerprint density at radius 1 is 0.333 bits per heavy atom. The van der Waals surface area contributed by atoms with E-state index in [1.165, 1.54) is 173 Å². The summed E-state index contributed by atoms with van der Waals surface area (Å²) in [6, 6.07) is 0. The number of unbranched alkanes of at least 4 members (excludes halogenated alkanes) is 33. The van der Waals surface area contributed by atoms with Crippen molar-refractivity contribution < 1.29 is 28.6 Å². The van der Waals surface area contributed by atoms with Crippen LogP contribution in [0.15, 0.2) is 12.2 Å². The first-order valence-corrected chi connectivity index (χ1v) is 25.2. The molecule has 0 saturated carbocycles. The summed E-state index contributed by atoms with van der Waals surface area (Å²) in [5.41, 5.74) is 0. The third kappa shape index (κ3) is 45.1. The summed E-state index contributed by atoms with van der Waals surface area (Å²) in [6.45, 7) is 6.64. The zero-order chi connectivity index (χ0) is 41.5. The van der Waals surface area contributed by atoms with Crippen LogP contribution in [0, 0.1) is 0 Å². The highest BCUT2D eigenvalue weighted by Gasteiger charge is 2.19. The number of hydrogen-bond donors (Lipinski definition) is 0. The minimum atomic E-state index is -0.765. The van der Waals surface area contributed by atoms with Gasteiger partial charge in [0, 0.05) is 19.3 Å². The Morgan fingerprint density at radius 3 is 0.877 bits per heavy atom. The lowest BCUT2D eigenvalue weighted by molar-refractivity contribution is -0.167. The summed E-state index contributed by atoms with van der Waals surface area (Å²) in [6.07, 6.45) is 50.4. The third-order valence-electron chi connectivity index (χ3n) is 11.3. The Morgan fingerprint density at radius 2 is 0.579 bits per heavy atom. The molecule has 6 nitrogen and oxygen atoms in total. The highest BCUT2D eigenvalue weighted by atomic mass is 16.6. The summed E-state index contributed by atoms with van der Waals surface area (Å²) in [4.78, 5) is 37.8. The first-order valence-electron chi connectivity index (χ1n) is 25.2. The maximum atomic E-state index is 12.8. The van der Waals surface area contributed by atoms with Crippen molar-refractivity contribution >= 4 is 17.9 Å². The van der Waals surface area contributed by atoms with E-state index in [1.807, 2.05) is 0 Å². The summed E-state index contributed by atoms with van der Waals surface area (Å²) in [5.74, 6) is -0.863. The van der Waals surface area contributed by atoms with Gasteiger partial charge in [-0.25, -0.2) is 0 Å². The Labute approximate surface area is 354 Å². The molecule has 6 heteroatoms. The molecular formula is C51H96O6. The average Bonchev–Trinajstić information content (AvgIpc) is 3.21. The Kier molecular flexibility index (Phi) is 45.3. The molecule has 0 aromatic heterocycles. The Hall–Kier alpha value is -1.85. The SMILES string of the molecule is CCCCCCCCC=CCCCCCCCC(=O)OCC(COC(=O)CCCCCCCCCCCCC)OC(=O)CCCCCCCCCCCCCCC. The van der Waals surface area contributed by atoms with Gasteiger partial charge in [0.1, 0.15) is 13.2 Å². The van der Waals surface area contributed by atoms with Crippen molar-refractivity contribution in [2.24, 2.45) is 0 Å². The molecule has 0 heterocycles. The van der Waals surface area contributed by atoms with Crippen LogP contribution < -0.4 is 0 Å². The number of rotatable bonds is 46. The smallest absolute Gasteiger partial charge is 0.306 e. The van der Waals surface area contributed by atoms with Gasteiger partial charge in [0.2, 0.25) is 0 Å². The number of ether oxygens (including phenoxy) is 3. The lowest BCUT2D eigenvalue weighted by Crippen LogP contribution is -2.30. The predicted molar refractivity (Wildman–Crippen MR) is 243 cm³/mol. The van der Waals surface area contributed by atoms with E-state index in [2.05, 4.69) is 32.9 Å². The largest absolute Gasteiger partial charge is 0.462 e. The monoisotopic (exact) mass is 805 g/mol. The van der Waals surface area contributed by atoms with E-state index in [4.69, 9.17) is 14.2 Å². The Balaban J connectivity index is 4.33. The van der Waals surface area contributed by atoms with Gasteiger partial charge in [-0.2, -0.15) is 0 Å². The van der Waals surface area contributed by atoms with Crippen LogP contribution in [0.25, 0.3) is 0 Å². The lowest BCUT2D eigenvalue weighted by Gasteiger charge is -2.18. The van der Waals surface area contributed by atoms with Crippen LogP contribution in [0.4, 0.5) is 0 Å². The number of esters is 3. The van der Waals surface area contributed by atoms with Crippen LogP contribution in [-0.4, -0.2) is 37.2 Å². The predicted octanol–water partition coefficient (Wildman–Crippen LogP) is 16.2. The van der Waals surface area contributed by atoms with Gasteiger partial charge in [0.15, 0.2) is 6.10 Å². The normalized spacial score (nSPS) is 12.0. The highest BCUT2D eigenvalue weighted by Crippen LogP contribution is 2.16. The average molecular weight is 805 g/mol. The molecular weight excluding hydrogens is 709 g/mol. The van der Waals surface area contributed by atoms with E-state index in [1.54, 1.807) is 0 Å². The number of hydrogen-bond acceptors (Lipinski definition) is 6. The molecule has 0 aliphatic heterocycles. The van der Waals surface area contributed by atoms with Gasteiger partial charge in [0.25, 0.3) is 0 Å². The van der Waals surface area contributed by atoms with Crippen LogP contribution >= 0.6 is 0 Å². The van der Waals surface area contributed by atoms with Crippen LogP contribution in [-0.2, 0) is 28.6 Å². The molecule has 0 aliphatic rings. The molecule has 0 aromatic rings. The molecule has 0 fully saturated rings. The van der Waals surface area contributed by atoms with Crippen molar-refractivity contribution in [1.29, 1.82) is 0 Å². The van der Waals surface area contributed by atoms with Crippen molar-refractivity contribution in [1.82, 2.24) is 0 Å². The summed E-state index contributed by atoms with van der Waals surface area (Å²) >= 11 is 0. The number of allylic oxidation sites excluding steroid dienone is 2. The molecule has 0 amide bonds. The zero-order valence-electron chi connectivity index (χ0n) is 38.4. The van der Waals surface area contributed by atoms with Crippen LogP contribution in [0.2, 0.25) is 0 Å². The van der Waals surface area contributed by atoms with E-state index >= 15 is 0 Å². The molecule has 0 saturated heterocycles. The Bertz CT molecular complexity index is 885. The molecule has 0 spiro atoms. The molecule has 336 valence electrons. The maximum absolute atomic E-state index is 12.8. The fraction of sp³-hybridized carbons (Fsp3) is 0.902. The molecule has 57 heavy (non-hydrogen) atoms. The molecule has 1 atom stereocenters. The minimum Gasteiger partial charge on any atom is -0.462 e. The molecule has 0 N–H and O–H groups in total. The van der Waals surface area contributed by atoms with E-state index in [9.17, 15) is 14.4 Å². The van der Waals surface area contributed by atoms with E-state index in [0.717, 1.165) is 64.2 Å². The van der Waals surface area contributed by atoms with Gasteiger partial charge >= 0.3 is 17.9 Å². The van der Waals surface area contributed by atoms with Gasteiger partial charge in [-0.15, -0.1) is 0 Å². The molecule has 0 bridgehead atoms. The van der Waals surface area contributed by atoms with Gasteiger partial charge in [-0.1, -0.05) is 226 Å². The van der Waals surface area contributed by atoms with E-state index in [0.29, 0.717) is 19.3 Å². The third-order valence-corrected chi connectivity index (χ3v) is 11.3. The second-order valence-corrected chi connectivity index (χ2v) is 17.1. The van der Waals surface area contributed by atoms with Gasteiger partial charge < -0.3 is 14.2 Å². The first-order chi connectivity index (χ1) is 28.0. The lowest BCUT2D eigenvalue weighted by atomic mass is 10.0. The van der Waals surface area contributed by atoms with Crippen molar-refractivity contribution in [3.8, 4) is 0 Å². The second-order valence-electron chi connectivity index (χ2n) is 17.1. The minimum absolute atomic E-state index is 0.0676. The standard InChI is InChI=1S/C51H96O6/c1-4-7-10-13-16-19-22-24-25-27-29-32-35-38-41-44-50(53)56-47-48(46-55-49(52)43-40-37-34-31-28-21-18-15-12-9-6-3)57-51(54)45-42-39-36-33-30-26-23-20-17-14-11-8-5-2/h24-25,48H,4-23,26-47H2,1-3H3. The summed E-state index contributed by atoms with van der Waals surface area (Å²) in [5, 5.41) is 0. The van der Waals surface area contributed by atoms with Crippen molar-refractivity contribution in [2.75, 3.05) is 13.2 Å². The molecule has 1 unspecified atom stereocenters. The van der Waals surface area contributed by atoms with Gasteiger partial charge in [0.05, 0.1) is 0 Å². The molecule has 0 aliphatic carbocycles. The first kappa shape index (κ1) is 55.2. The number of carbonyl (C=O) groups excluding carboxylic acids is 3. The fourth-order valence-electron chi connectivity index (χ4n) is 7.44. The topological polar surface area (TPSA) is 78.9 Å². The van der Waals surface area contributed by atoms with Crippen LogP contribution in [0.5, 0.6) is 0 Å². The summed E-state index contributed by atoms with van der Waals surface area (Å²) < 4.78 is 16.8. The van der Waals surface area contributed by atoms with E-state index in [-0.39, 0.29) is 31.1 Å². The summed E-state index contributed by atoms with van der Waals surface area (Å²) in [7, 11) is 0. The van der Waals surface area contributed by atoms with Crippen molar-refractivity contribution in [3.63, 3.8) is 0 Å². The van der Waals surface area contributed by atoms with Gasteiger partial charge in [-0.3, -0.25) is 14.4 Å². The highest BCUT2D eigenvalue weighted by molar-refractivity contribution is 5.71. The fourth-order valence-corrected chi connectivity index (χ4v) is 7.44. The molecule has 0 rings (SSSR count). The van der Waals surface area contributed by atoms with E-state index < -0.39 is 6.10 Å². The van der Waals surface area contributed by atoms with Crippen LogP contribution in [0.1, 0.15) is 278 Å². The molecule has 0 aromatic carbocycles. The maximum Gasteiger partial charge on any atom is 0.306 e. The molecule has 0 radical (unpaired) electrons. The quantitative estimate of drug-likeness (QED) is 0.0264.